The Morgan fingerprint density at radius 1 is 1.26 bits per heavy atom. The first kappa shape index (κ1) is 18.2. The minimum Gasteiger partial charge on any atom is -0.478 e. The summed E-state index contributed by atoms with van der Waals surface area (Å²) in [5.41, 5.74) is 2.25. The maximum absolute atomic E-state index is 12.3. The van der Waals surface area contributed by atoms with Crippen molar-refractivity contribution in [2.24, 2.45) is 7.05 Å². The number of aromatic carboxylic acids is 1. The number of nitrogens with one attached hydrogen (secondary N) is 1. The molecule has 2 heterocycles. The van der Waals surface area contributed by atoms with Crippen molar-refractivity contribution in [1.29, 1.82) is 0 Å². The van der Waals surface area contributed by atoms with E-state index in [9.17, 15) is 9.59 Å². The highest BCUT2D eigenvalue weighted by Gasteiger charge is 2.21. The SMILES string of the molecule is Cc1ccc(OCn2cc(NC(=O)c3nn(C)cc3C(=O)O)cn2)c(C)c1. The fraction of sp³-hybridized carbons (Fsp3) is 0.222. The summed E-state index contributed by atoms with van der Waals surface area (Å²) in [4.78, 5) is 23.5. The quantitative estimate of drug-likeness (QED) is 0.689. The van der Waals surface area contributed by atoms with Crippen LogP contribution in [0.25, 0.3) is 0 Å². The van der Waals surface area contributed by atoms with Crippen molar-refractivity contribution in [3.8, 4) is 5.75 Å². The normalized spacial score (nSPS) is 10.6. The van der Waals surface area contributed by atoms with Crippen molar-refractivity contribution in [1.82, 2.24) is 19.6 Å². The highest BCUT2D eigenvalue weighted by molar-refractivity contribution is 6.09. The average molecular weight is 369 g/mol. The van der Waals surface area contributed by atoms with Crippen LogP contribution in [0.5, 0.6) is 5.75 Å². The van der Waals surface area contributed by atoms with E-state index in [0.29, 0.717) is 5.69 Å². The van der Waals surface area contributed by atoms with Gasteiger partial charge in [0.1, 0.15) is 11.3 Å². The molecule has 140 valence electrons. The zero-order chi connectivity index (χ0) is 19.6. The number of carbonyl (C=O) groups is 2. The summed E-state index contributed by atoms with van der Waals surface area (Å²) in [5.74, 6) is -1.09. The smallest absolute Gasteiger partial charge is 0.339 e. The van der Waals surface area contributed by atoms with Gasteiger partial charge in [0.05, 0.1) is 18.1 Å². The number of amides is 1. The van der Waals surface area contributed by atoms with E-state index in [-0.39, 0.29) is 18.0 Å². The third-order valence-corrected chi connectivity index (χ3v) is 3.85. The molecule has 0 bridgehead atoms. The molecule has 0 atom stereocenters. The minimum atomic E-state index is -1.22. The summed E-state index contributed by atoms with van der Waals surface area (Å²) >= 11 is 0. The molecule has 0 aliphatic carbocycles. The van der Waals surface area contributed by atoms with Gasteiger partial charge in [0, 0.05) is 13.2 Å². The Kier molecular flexibility index (Phi) is 4.93. The van der Waals surface area contributed by atoms with Crippen LogP contribution in [0.4, 0.5) is 5.69 Å². The summed E-state index contributed by atoms with van der Waals surface area (Å²) in [6.07, 6.45) is 4.32. The second-order valence-corrected chi connectivity index (χ2v) is 6.14. The summed E-state index contributed by atoms with van der Waals surface area (Å²) < 4.78 is 8.53. The van der Waals surface area contributed by atoms with E-state index in [1.807, 2.05) is 32.0 Å². The van der Waals surface area contributed by atoms with Crippen LogP contribution in [0, 0.1) is 13.8 Å². The lowest BCUT2D eigenvalue weighted by atomic mass is 10.1. The van der Waals surface area contributed by atoms with Gasteiger partial charge in [-0.1, -0.05) is 17.7 Å². The van der Waals surface area contributed by atoms with Crippen LogP contribution in [0.1, 0.15) is 32.0 Å². The summed E-state index contributed by atoms with van der Waals surface area (Å²) in [6, 6.07) is 5.88. The zero-order valence-electron chi connectivity index (χ0n) is 15.1. The van der Waals surface area contributed by atoms with Gasteiger partial charge in [-0.15, -0.1) is 0 Å². The predicted molar refractivity (Wildman–Crippen MR) is 96.9 cm³/mol. The molecule has 0 spiro atoms. The Labute approximate surface area is 155 Å². The number of aryl methyl sites for hydroxylation is 3. The van der Waals surface area contributed by atoms with Gasteiger partial charge in [-0.25, -0.2) is 9.48 Å². The third-order valence-electron chi connectivity index (χ3n) is 3.85. The number of benzene rings is 1. The number of ether oxygens (including phenoxy) is 1. The van der Waals surface area contributed by atoms with E-state index >= 15 is 0 Å². The van der Waals surface area contributed by atoms with Crippen LogP contribution in [-0.4, -0.2) is 36.5 Å². The van der Waals surface area contributed by atoms with Crippen LogP contribution in [0.15, 0.2) is 36.8 Å². The lowest BCUT2D eigenvalue weighted by Crippen LogP contribution is -2.16. The van der Waals surface area contributed by atoms with E-state index in [0.717, 1.165) is 16.9 Å². The molecule has 9 nitrogen and oxygen atoms in total. The van der Waals surface area contributed by atoms with Crippen molar-refractivity contribution in [3.63, 3.8) is 0 Å². The lowest BCUT2D eigenvalue weighted by molar-refractivity contribution is 0.0692. The van der Waals surface area contributed by atoms with Gasteiger partial charge in [0.2, 0.25) is 0 Å². The van der Waals surface area contributed by atoms with Crippen molar-refractivity contribution >= 4 is 17.6 Å². The average Bonchev–Trinajstić information content (AvgIpc) is 3.20. The molecule has 3 aromatic rings. The molecule has 0 saturated carbocycles. The first-order chi connectivity index (χ1) is 12.8. The molecule has 1 amide bonds. The minimum absolute atomic E-state index is 0.163. The molecule has 2 aromatic heterocycles. The number of carboxylic acid groups (broad SMARTS) is 1. The number of hydrogen-bond acceptors (Lipinski definition) is 5. The Balaban J connectivity index is 1.66. The Hall–Kier alpha value is -3.62. The largest absolute Gasteiger partial charge is 0.478 e. The lowest BCUT2D eigenvalue weighted by Gasteiger charge is -2.09. The number of rotatable bonds is 6. The second-order valence-electron chi connectivity index (χ2n) is 6.14. The van der Waals surface area contributed by atoms with Gasteiger partial charge in [0.15, 0.2) is 12.4 Å². The van der Waals surface area contributed by atoms with Gasteiger partial charge in [0.25, 0.3) is 5.91 Å². The number of nitrogens with zero attached hydrogens (tertiary/aromatic N) is 4. The molecule has 0 radical (unpaired) electrons. The second kappa shape index (κ2) is 7.32. The zero-order valence-corrected chi connectivity index (χ0v) is 15.1. The van der Waals surface area contributed by atoms with E-state index < -0.39 is 11.9 Å². The van der Waals surface area contributed by atoms with Crippen molar-refractivity contribution in [3.05, 3.63) is 59.2 Å². The molecular weight excluding hydrogens is 350 g/mol. The topological polar surface area (TPSA) is 111 Å². The van der Waals surface area contributed by atoms with Gasteiger partial charge in [-0.3, -0.25) is 9.48 Å². The van der Waals surface area contributed by atoms with Crippen LogP contribution in [-0.2, 0) is 13.8 Å². The van der Waals surface area contributed by atoms with Crippen LogP contribution in [0.3, 0.4) is 0 Å². The van der Waals surface area contributed by atoms with E-state index in [1.165, 1.54) is 21.8 Å². The van der Waals surface area contributed by atoms with Crippen LogP contribution >= 0.6 is 0 Å². The molecule has 0 saturated heterocycles. The van der Waals surface area contributed by atoms with Crippen molar-refractivity contribution in [2.45, 2.75) is 20.6 Å². The molecule has 9 heteroatoms. The van der Waals surface area contributed by atoms with E-state index in [1.54, 1.807) is 13.2 Å². The molecule has 3 rings (SSSR count). The van der Waals surface area contributed by atoms with Crippen LogP contribution < -0.4 is 10.1 Å². The molecule has 0 aliphatic heterocycles. The maximum Gasteiger partial charge on any atom is 0.339 e. The molecule has 2 N–H and O–H groups in total. The molecule has 0 aliphatic rings. The number of carboxylic acids is 1. The summed E-state index contributed by atoms with van der Waals surface area (Å²) in [6.45, 7) is 4.14. The fourth-order valence-corrected chi connectivity index (χ4v) is 2.60. The first-order valence-electron chi connectivity index (χ1n) is 8.14. The molecule has 0 fully saturated rings. The van der Waals surface area contributed by atoms with Gasteiger partial charge in [-0.2, -0.15) is 10.2 Å². The van der Waals surface area contributed by atoms with Crippen LogP contribution in [0.2, 0.25) is 0 Å². The Morgan fingerprint density at radius 2 is 2.04 bits per heavy atom. The highest BCUT2D eigenvalue weighted by Crippen LogP contribution is 2.19. The molecular formula is C18H19N5O4. The van der Waals surface area contributed by atoms with Gasteiger partial charge < -0.3 is 15.2 Å². The van der Waals surface area contributed by atoms with E-state index in [2.05, 4.69) is 15.5 Å². The summed E-state index contributed by atoms with van der Waals surface area (Å²) in [5, 5.41) is 19.8. The molecule has 0 unspecified atom stereocenters. The Morgan fingerprint density at radius 3 is 2.74 bits per heavy atom. The first-order valence-corrected chi connectivity index (χ1v) is 8.14. The monoisotopic (exact) mass is 369 g/mol. The van der Waals surface area contributed by atoms with Crippen molar-refractivity contribution in [2.75, 3.05) is 5.32 Å². The Bertz CT molecular complexity index is 1010. The predicted octanol–water partition coefficient (Wildman–Crippen LogP) is 2.22. The summed E-state index contributed by atoms with van der Waals surface area (Å²) in [7, 11) is 1.55. The van der Waals surface area contributed by atoms with Gasteiger partial charge in [-0.05, 0) is 25.5 Å². The van der Waals surface area contributed by atoms with Crippen molar-refractivity contribution < 1.29 is 19.4 Å². The molecule has 1 aromatic carbocycles. The number of aromatic nitrogens is 4. The standard InChI is InChI=1S/C18H19N5O4/c1-11-4-5-15(12(2)6-11)27-10-23-8-13(7-19-23)20-17(24)16-14(18(25)26)9-22(3)21-16/h4-9H,10H2,1-3H3,(H,20,24)(H,25,26). The number of hydrogen-bond donors (Lipinski definition) is 2. The molecule has 27 heavy (non-hydrogen) atoms. The van der Waals surface area contributed by atoms with Gasteiger partial charge >= 0.3 is 5.97 Å². The highest BCUT2D eigenvalue weighted by atomic mass is 16.5. The maximum atomic E-state index is 12.3. The third kappa shape index (κ3) is 4.14. The van der Waals surface area contributed by atoms with E-state index in [4.69, 9.17) is 9.84 Å². The number of anilines is 1. The fourth-order valence-electron chi connectivity index (χ4n) is 2.60. The number of carbonyl (C=O) groups excluding carboxylic acids is 1.